The SMILES string of the molecule is N=C(N)c1cccc(Cn2ccnc2-c2ccc(Br)cc2)c1. The molecule has 0 saturated heterocycles. The van der Waals surface area contributed by atoms with Gasteiger partial charge >= 0.3 is 0 Å². The molecule has 3 N–H and O–H groups in total. The molecule has 0 spiro atoms. The Bertz CT molecular complexity index is 806. The van der Waals surface area contributed by atoms with Gasteiger partial charge in [-0.2, -0.15) is 0 Å². The molecule has 0 radical (unpaired) electrons. The Morgan fingerprint density at radius 2 is 1.95 bits per heavy atom. The number of imidazole rings is 1. The highest BCUT2D eigenvalue weighted by Crippen LogP contribution is 2.21. The lowest BCUT2D eigenvalue weighted by Crippen LogP contribution is -2.11. The van der Waals surface area contributed by atoms with Gasteiger partial charge in [-0.15, -0.1) is 0 Å². The predicted molar refractivity (Wildman–Crippen MR) is 91.9 cm³/mol. The number of halogens is 1. The summed E-state index contributed by atoms with van der Waals surface area (Å²) in [5.74, 6) is 1.00. The zero-order valence-electron chi connectivity index (χ0n) is 11.8. The molecular weight excluding hydrogens is 340 g/mol. The molecule has 3 rings (SSSR count). The molecule has 0 atom stereocenters. The summed E-state index contributed by atoms with van der Waals surface area (Å²) < 4.78 is 3.13. The summed E-state index contributed by atoms with van der Waals surface area (Å²) in [6.07, 6.45) is 3.75. The number of rotatable bonds is 4. The van der Waals surface area contributed by atoms with Gasteiger partial charge in [-0.25, -0.2) is 4.98 Å². The Kier molecular flexibility index (Phi) is 4.06. The van der Waals surface area contributed by atoms with E-state index < -0.39 is 0 Å². The van der Waals surface area contributed by atoms with Crippen molar-refractivity contribution >= 4 is 21.8 Å². The molecule has 0 fully saturated rings. The number of nitrogens with two attached hydrogens (primary N) is 1. The molecular formula is C17H15BrN4. The maximum absolute atomic E-state index is 7.53. The van der Waals surface area contributed by atoms with Crippen LogP contribution in [0.2, 0.25) is 0 Å². The van der Waals surface area contributed by atoms with E-state index in [0.29, 0.717) is 6.54 Å². The molecule has 4 nitrogen and oxygen atoms in total. The van der Waals surface area contributed by atoms with Crippen molar-refractivity contribution in [3.05, 3.63) is 76.5 Å². The fourth-order valence-electron chi connectivity index (χ4n) is 2.33. The van der Waals surface area contributed by atoms with Gasteiger partial charge in [-0.3, -0.25) is 5.41 Å². The third-order valence-corrected chi connectivity index (χ3v) is 3.94. The van der Waals surface area contributed by atoms with E-state index in [9.17, 15) is 0 Å². The van der Waals surface area contributed by atoms with Crippen molar-refractivity contribution in [1.82, 2.24) is 9.55 Å². The number of aromatic nitrogens is 2. The number of benzene rings is 2. The van der Waals surface area contributed by atoms with Crippen LogP contribution >= 0.6 is 15.9 Å². The molecule has 0 aliphatic carbocycles. The van der Waals surface area contributed by atoms with Gasteiger partial charge in [0.2, 0.25) is 0 Å². The third kappa shape index (κ3) is 3.09. The van der Waals surface area contributed by atoms with Crippen molar-refractivity contribution in [3.8, 4) is 11.4 Å². The van der Waals surface area contributed by atoms with E-state index in [1.54, 1.807) is 6.20 Å². The van der Waals surface area contributed by atoms with Gasteiger partial charge in [0.15, 0.2) is 0 Å². The minimum Gasteiger partial charge on any atom is -0.384 e. The molecule has 110 valence electrons. The quantitative estimate of drug-likeness (QED) is 0.554. The van der Waals surface area contributed by atoms with Crippen molar-refractivity contribution in [2.24, 2.45) is 5.73 Å². The Balaban J connectivity index is 1.91. The fraction of sp³-hybridized carbons (Fsp3) is 0.0588. The molecule has 22 heavy (non-hydrogen) atoms. The third-order valence-electron chi connectivity index (χ3n) is 3.41. The lowest BCUT2D eigenvalue weighted by atomic mass is 10.1. The topological polar surface area (TPSA) is 67.7 Å². The maximum Gasteiger partial charge on any atom is 0.140 e. The molecule has 1 aromatic heterocycles. The van der Waals surface area contributed by atoms with Crippen molar-refractivity contribution < 1.29 is 0 Å². The lowest BCUT2D eigenvalue weighted by molar-refractivity contribution is 0.807. The van der Waals surface area contributed by atoms with Gasteiger partial charge in [0, 0.05) is 34.5 Å². The normalized spacial score (nSPS) is 10.6. The summed E-state index contributed by atoms with van der Waals surface area (Å²) >= 11 is 3.44. The summed E-state index contributed by atoms with van der Waals surface area (Å²) in [5.41, 5.74) is 8.44. The molecule has 0 aliphatic heterocycles. The molecule has 0 unspecified atom stereocenters. The van der Waals surface area contributed by atoms with Crippen LogP contribution in [0.4, 0.5) is 0 Å². The van der Waals surface area contributed by atoms with E-state index in [0.717, 1.165) is 27.0 Å². The fourth-order valence-corrected chi connectivity index (χ4v) is 2.59. The van der Waals surface area contributed by atoms with Crippen LogP contribution in [-0.2, 0) is 6.54 Å². The van der Waals surface area contributed by atoms with Crippen LogP contribution in [0.1, 0.15) is 11.1 Å². The monoisotopic (exact) mass is 354 g/mol. The first-order valence-corrected chi connectivity index (χ1v) is 7.63. The van der Waals surface area contributed by atoms with Crippen LogP contribution in [0, 0.1) is 5.41 Å². The number of nitrogens with one attached hydrogen (secondary N) is 1. The van der Waals surface area contributed by atoms with E-state index >= 15 is 0 Å². The van der Waals surface area contributed by atoms with Crippen LogP contribution in [0.25, 0.3) is 11.4 Å². The van der Waals surface area contributed by atoms with Crippen molar-refractivity contribution in [3.63, 3.8) is 0 Å². The van der Waals surface area contributed by atoms with E-state index in [2.05, 4.69) is 25.5 Å². The molecule has 2 aromatic carbocycles. The molecule has 0 amide bonds. The van der Waals surface area contributed by atoms with Gasteiger partial charge in [-0.1, -0.05) is 46.3 Å². The van der Waals surface area contributed by atoms with E-state index in [1.807, 2.05) is 54.7 Å². The summed E-state index contributed by atoms with van der Waals surface area (Å²) in [7, 11) is 0. The van der Waals surface area contributed by atoms with Crippen LogP contribution in [0.3, 0.4) is 0 Å². The minimum absolute atomic E-state index is 0.0839. The summed E-state index contributed by atoms with van der Waals surface area (Å²) in [4.78, 5) is 4.45. The second kappa shape index (κ2) is 6.15. The number of nitrogens with zero attached hydrogens (tertiary/aromatic N) is 2. The molecule has 0 saturated carbocycles. The number of hydrogen-bond donors (Lipinski definition) is 2. The number of amidine groups is 1. The highest BCUT2D eigenvalue weighted by molar-refractivity contribution is 9.10. The van der Waals surface area contributed by atoms with Crippen LogP contribution in [0.15, 0.2) is 65.4 Å². The minimum atomic E-state index is 0.0839. The second-order valence-electron chi connectivity index (χ2n) is 5.00. The largest absolute Gasteiger partial charge is 0.384 e. The van der Waals surface area contributed by atoms with Crippen molar-refractivity contribution in [2.45, 2.75) is 6.54 Å². The summed E-state index contributed by atoms with van der Waals surface area (Å²) in [5, 5.41) is 7.53. The average molecular weight is 355 g/mol. The van der Waals surface area contributed by atoms with Gasteiger partial charge in [0.05, 0.1) is 0 Å². The maximum atomic E-state index is 7.53. The van der Waals surface area contributed by atoms with E-state index in [1.165, 1.54) is 0 Å². The summed E-state index contributed by atoms with van der Waals surface area (Å²) in [6, 6.07) is 15.8. The standard InChI is InChI=1S/C17H15BrN4/c18-15-6-4-13(5-7-15)17-21-8-9-22(17)11-12-2-1-3-14(10-12)16(19)20/h1-10H,11H2,(H3,19,20). The van der Waals surface area contributed by atoms with Crippen molar-refractivity contribution in [2.75, 3.05) is 0 Å². The Hall–Kier alpha value is -2.40. The molecule has 0 aliphatic rings. The average Bonchev–Trinajstić information content (AvgIpc) is 2.96. The highest BCUT2D eigenvalue weighted by Gasteiger charge is 2.07. The predicted octanol–water partition coefficient (Wildman–Crippen LogP) is 3.64. The zero-order valence-corrected chi connectivity index (χ0v) is 13.4. The van der Waals surface area contributed by atoms with Crippen molar-refractivity contribution in [1.29, 1.82) is 5.41 Å². The molecule has 3 aromatic rings. The lowest BCUT2D eigenvalue weighted by Gasteiger charge is -2.09. The summed E-state index contributed by atoms with van der Waals surface area (Å²) in [6.45, 7) is 0.687. The second-order valence-corrected chi connectivity index (χ2v) is 5.92. The van der Waals surface area contributed by atoms with E-state index in [4.69, 9.17) is 11.1 Å². The van der Waals surface area contributed by atoms with Gasteiger partial charge in [-0.05, 0) is 23.8 Å². The Morgan fingerprint density at radius 3 is 2.68 bits per heavy atom. The first kappa shape index (κ1) is 14.5. The first-order chi connectivity index (χ1) is 10.6. The van der Waals surface area contributed by atoms with Gasteiger partial charge in [0.25, 0.3) is 0 Å². The van der Waals surface area contributed by atoms with Gasteiger partial charge < -0.3 is 10.3 Å². The first-order valence-electron chi connectivity index (χ1n) is 6.84. The molecule has 1 heterocycles. The Morgan fingerprint density at radius 1 is 1.18 bits per heavy atom. The smallest absolute Gasteiger partial charge is 0.140 e. The van der Waals surface area contributed by atoms with E-state index in [-0.39, 0.29) is 5.84 Å². The van der Waals surface area contributed by atoms with Crippen LogP contribution in [-0.4, -0.2) is 15.4 Å². The molecule has 0 bridgehead atoms. The Labute approximate surface area is 137 Å². The van der Waals surface area contributed by atoms with Crippen LogP contribution in [0.5, 0.6) is 0 Å². The van der Waals surface area contributed by atoms with Gasteiger partial charge in [0.1, 0.15) is 11.7 Å². The number of nitrogen functional groups attached to an aromatic ring is 1. The molecule has 5 heteroatoms. The highest BCUT2D eigenvalue weighted by atomic mass is 79.9. The number of hydrogen-bond acceptors (Lipinski definition) is 2. The zero-order chi connectivity index (χ0) is 15.5. The van der Waals surface area contributed by atoms with Crippen LogP contribution < -0.4 is 5.73 Å².